The van der Waals surface area contributed by atoms with Gasteiger partial charge in [0.05, 0.1) is 6.42 Å². The number of nitrogens with one attached hydrogen (secondary N) is 1. The Hall–Kier alpha value is -2.59. The summed E-state index contributed by atoms with van der Waals surface area (Å²) in [5, 5.41) is 1.45. The molecule has 3 rings (SSSR count). The molecule has 0 radical (unpaired) electrons. The highest BCUT2D eigenvalue weighted by molar-refractivity contribution is 6.30. The molecule has 3 aromatic rings. The number of carbonyl (C=O) groups excluding carboxylic acids is 2. The molecule has 0 amide bonds. The van der Waals surface area contributed by atoms with Gasteiger partial charge in [-0.05, 0) is 30.7 Å². The lowest BCUT2D eigenvalue weighted by atomic mass is 10.1. The summed E-state index contributed by atoms with van der Waals surface area (Å²) in [7, 11) is 0. The molecule has 5 heteroatoms. The Morgan fingerprint density at radius 1 is 1.08 bits per heavy atom. The van der Waals surface area contributed by atoms with Crippen LogP contribution in [0.25, 0.3) is 10.9 Å². The van der Waals surface area contributed by atoms with Crippen LogP contribution < -0.4 is 0 Å². The van der Waals surface area contributed by atoms with E-state index < -0.39 is 5.97 Å². The number of H-pyrrole nitrogens is 1. The third-order valence-electron chi connectivity index (χ3n) is 3.80. The van der Waals surface area contributed by atoms with Crippen LogP contribution in [-0.2, 0) is 16.0 Å². The average molecular weight is 342 g/mol. The van der Waals surface area contributed by atoms with E-state index >= 15 is 0 Å². The van der Waals surface area contributed by atoms with Gasteiger partial charge in [0.15, 0.2) is 6.61 Å². The van der Waals surface area contributed by atoms with Gasteiger partial charge in [-0.3, -0.25) is 9.59 Å². The molecule has 0 aliphatic heterocycles. The van der Waals surface area contributed by atoms with E-state index in [1.165, 1.54) is 0 Å². The number of fused-ring (bicyclic) bond motifs is 1. The summed E-state index contributed by atoms with van der Waals surface area (Å²) in [6.07, 6.45) is 0.108. The van der Waals surface area contributed by atoms with E-state index in [-0.39, 0.29) is 18.8 Å². The number of hydrogen-bond donors (Lipinski definition) is 1. The van der Waals surface area contributed by atoms with Crippen molar-refractivity contribution in [2.75, 3.05) is 6.61 Å². The highest BCUT2D eigenvalue weighted by atomic mass is 35.5. The summed E-state index contributed by atoms with van der Waals surface area (Å²) in [6, 6.07) is 14.5. The number of para-hydroxylation sites is 1. The second-order valence-corrected chi connectivity index (χ2v) is 5.99. The minimum Gasteiger partial charge on any atom is -0.457 e. The average Bonchev–Trinajstić information content (AvgIpc) is 2.90. The van der Waals surface area contributed by atoms with Gasteiger partial charge in [0.25, 0.3) is 0 Å². The Balaban J connectivity index is 1.65. The maximum absolute atomic E-state index is 12.4. The summed E-state index contributed by atoms with van der Waals surface area (Å²) in [5.41, 5.74) is 3.03. The highest BCUT2D eigenvalue weighted by Crippen LogP contribution is 2.22. The first kappa shape index (κ1) is 16.3. The molecule has 24 heavy (non-hydrogen) atoms. The third kappa shape index (κ3) is 3.49. The molecular formula is C19H16ClNO3. The normalized spacial score (nSPS) is 10.8. The fourth-order valence-electron chi connectivity index (χ4n) is 2.67. The maximum Gasteiger partial charge on any atom is 0.310 e. The molecule has 1 N–H and O–H groups in total. The van der Waals surface area contributed by atoms with Gasteiger partial charge in [-0.2, -0.15) is 0 Å². The van der Waals surface area contributed by atoms with Gasteiger partial charge in [0, 0.05) is 27.2 Å². The van der Waals surface area contributed by atoms with Crippen LogP contribution in [0.4, 0.5) is 0 Å². The second kappa shape index (κ2) is 6.89. The number of rotatable bonds is 5. The SMILES string of the molecule is Cc1[nH]c2ccccc2c1C(=O)COC(=O)Cc1ccc(Cl)cc1. The number of ether oxygens (including phenoxy) is 1. The standard InChI is InChI=1S/C19H16ClNO3/c1-12-19(15-4-2-3-5-16(15)21-12)17(22)11-24-18(23)10-13-6-8-14(20)9-7-13/h2-9,21H,10-11H2,1H3. The Bertz CT molecular complexity index is 897. The van der Waals surface area contributed by atoms with Crippen molar-refractivity contribution < 1.29 is 14.3 Å². The van der Waals surface area contributed by atoms with Gasteiger partial charge in [-0.1, -0.05) is 41.9 Å². The zero-order valence-corrected chi connectivity index (χ0v) is 13.9. The smallest absolute Gasteiger partial charge is 0.310 e. The fraction of sp³-hybridized carbons (Fsp3) is 0.158. The second-order valence-electron chi connectivity index (χ2n) is 5.56. The van der Waals surface area contributed by atoms with Crippen LogP contribution >= 0.6 is 11.6 Å². The number of hydrogen-bond acceptors (Lipinski definition) is 3. The summed E-state index contributed by atoms with van der Waals surface area (Å²) >= 11 is 5.81. The molecule has 2 aromatic carbocycles. The highest BCUT2D eigenvalue weighted by Gasteiger charge is 2.17. The molecule has 1 heterocycles. The third-order valence-corrected chi connectivity index (χ3v) is 4.05. The summed E-state index contributed by atoms with van der Waals surface area (Å²) in [6.45, 7) is 1.57. The molecule has 0 bridgehead atoms. The quantitative estimate of drug-likeness (QED) is 0.561. The molecule has 0 atom stereocenters. The predicted molar refractivity (Wildman–Crippen MR) is 93.5 cm³/mol. The van der Waals surface area contributed by atoms with Crippen LogP contribution in [0.3, 0.4) is 0 Å². The Labute approximate surface area is 144 Å². The Kier molecular flexibility index (Phi) is 4.67. The van der Waals surface area contributed by atoms with Crippen molar-refractivity contribution in [3.63, 3.8) is 0 Å². The zero-order chi connectivity index (χ0) is 17.1. The number of carbonyl (C=O) groups is 2. The van der Waals surface area contributed by atoms with Crippen LogP contribution in [0, 0.1) is 6.92 Å². The summed E-state index contributed by atoms with van der Waals surface area (Å²) in [5.74, 6) is -0.655. The van der Waals surface area contributed by atoms with Gasteiger partial charge in [0.1, 0.15) is 0 Å². The molecule has 0 saturated heterocycles. The molecule has 0 unspecified atom stereocenters. The largest absolute Gasteiger partial charge is 0.457 e. The van der Waals surface area contributed by atoms with Gasteiger partial charge >= 0.3 is 5.97 Å². The lowest BCUT2D eigenvalue weighted by Gasteiger charge is -2.05. The molecular weight excluding hydrogens is 326 g/mol. The number of aromatic amines is 1. The van der Waals surface area contributed by atoms with E-state index in [1.807, 2.05) is 31.2 Å². The van der Waals surface area contributed by atoms with Crippen LogP contribution in [0.2, 0.25) is 5.02 Å². The lowest BCUT2D eigenvalue weighted by molar-refractivity contribution is -0.141. The van der Waals surface area contributed by atoms with E-state index in [1.54, 1.807) is 24.3 Å². The van der Waals surface area contributed by atoms with E-state index in [9.17, 15) is 9.59 Å². The number of benzene rings is 2. The number of ketones is 1. The molecule has 0 spiro atoms. The van der Waals surface area contributed by atoms with Crippen molar-refractivity contribution in [2.24, 2.45) is 0 Å². The van der Waals surface area contributed by atoms with Crippen molar-refractivity contribution in [1.82, 2.24) is 4.98 Å². The number of esters is 1. The molecule has 4 nitrogen and oxygen atoms in total. The van der Waals surface area contributed by atoms with Crippen LogP contribution in [0.5, 0.6) is 0 Å². The zero-order valence-electron chi connectivity index (χ0n) is 13.1. The van der Waals surface area contributed by atoms with Crippen LogP contribution in [0.1, 0.15) is 21.6 Å². The molecule has 122 valence electrons. The first-order chi connectivity index (χ1) is 11.5. The van der Waals surface area contributed by atoms with Crippen molar-refractivity contribution in [1.29, 1.82) is 0 Å². The fourth-order valence-corrected chi connectivity index (χ4v) is 2.80. The first-order valence-electron chi connectivity index (χ1n) is 7.55. The van der Waals surface area contributed by atoms with Gasteiger partial charge in [-0.25, -0.2) is 0 Å². The minimum atomic E-state index is -0.442. The van der Waals surface area contributed by atoms with Crippen molar-refractivity contribution in [2.45, 2.75) is 13.3 Å². The molecule has 0 aliphatic rings. The summed E-state index contributed by atoms with van der Waals surface area (Å²) < 4.78 is 5.13. The summed E-state index contributed by atoms with van der Waals surface area (Å²) in [4.78, 5) is 27.5. The van der Waals surface area contributed by atoms with E-state index in [0.29, 0.717) is 10.6 Å². The van der Waals surface area contributed by atoms with E-state index in [0.717, 1.165) is 22.2 Å². The van der Waals surface area contributed by atoms with Gasteiger partial charge in [0.2, 0.25) is 5.78 Å². The van der Waals surface area contributed by atoms with Crippen molar-refractivity contribution >= 4 is 34.3 Å². The number of Topliss-reactive ketones (excluding diaryl/α,β-unsaturated/α-hetero) is 1. The molecule has 0 saturated carbocycles. The lowest BCUT2D eigenvalue weighted by Crippen LogP contribution is -2.16. The van der Waals surface area contributed by atoms with E-state index in [4.69, 9.17) is 16.3 Å². The number of halogens is 1. The first-order valence-corrected chi connectivity index (χ1v) is 7.93. The minimum absolute atomic E-state index is 0.108. The number of aromatic nitrogens is 1. The topological polar surface area (TPSA) is 59.2 Å². The predicted octanol–water partition coefficient (Wildman–Crippen LogP) is 4.10. The number of aryl methyl sites for hydroxylation is 1. The van der Waals surface area contributed by atoms with Crippen molar-refractivity contribution in [3.05, 3.63) is 70.4 Å². The molecule has 0 aliphatic carbocycles. The van der Waals surface area contributed by atoms with Crippen LogP contribution in [-0.4, -0.2) is 23.3 Å². The van der Waals surface area contributed by atoms with Crippen molar-refractivity contribution in [3.8, 4) is 0 Å². The molecule has 1 aromatic heterocycles. The monoisotopic (exact) mass is 341 g/mol. The Morgan fingerprint density at radius 2 is 1.79 bits per heavy atom. The van der Waals surface area contributed by atoms with E-state index in [2.05, 4.69) is 4.98 Å². The van der Waals surface area contributed by atoms with Crippen LogP contribution in [0.15, 0.2) is 48.5 Å². The van der Waals surface area contributed by atoms with Gasteiger partial charge in [-0.15, -0.1) is 0 Å². The molecule has 0 fully saturated rings. The van der Waals surface area contributed by atoms with Gasteiger partial charge < -0.3 is 9.72 Å². The maximum atomic E-state index is 12.4. The Morgan fingerprint density at radius 3 is 2.54 bits per heavy atom.